The first-order chi connectivity index (χ1) is 60.7. The van der Waals surface area contributed by atoms with Gasteiger partial charge in [-0.05, 0) is 113 Å². The zero-order chi connectivity index (χ0) is 92.6. The first-order valence-corrected chi connectivity index (χ1v) is 44.2. The van der Waals surface area contributed by atoms with Crippen molar-refractivity contribution >= 4 is 126 Å². The number of piperazine rings is 3. The molecule has 6 aliphatic heterocycles. The van der Waals surface area contributed by atoms with Crippen molar-refractivity contribution in [3.05, 3.63) is 192 Å². The van der Waals surface area contributed by atoms with Gasteiger partial charge in [0.05, 0.1) is 101 Å². The zero-order valence-electron chi connectivity index (χ0n) is 69.6. The lowest BCUT2D eigenvalue weighted by Gasteiger charge is -2.44. The lowest BCUT2D eigenvalue weighted by atomic mass is 9.95. The van der Waals surface area contributed by atoms with Crippen LogP contribution in [0.5, 0.6) is 0 Å². The van der Waals surface area contributed by atoms with Crippen molar-refractivity contribution in [1.82, 2.24) is 48.7 Å². The van der Waals surface area contributed by atoms with Gasteiger partial charge in [-0.1, -0.05) is 61.1 Å². The molecular formula is C86H88Cl2F13N15O9S3. The van der Waals surface area contributed by atoms with Gasteiger partial charge in [-0.3, -0.25) is 28.1 Å². The third-order valence-electron chi connectivity index (χ3n) is 22.5. The Morgan fingerprint density at radius 1 is 0.477 bits per heavy atom. The molecule has 3 fully saturated rings. The molecule has 0 radical (unpaired) electrons. The number of hydrogen-bond acceptors (Lipinski definition) is 21. The number of hydrogen-bond donors (Lipinski definition) is 3. The Morgan fingerprint density at radius 3 is 1.23 bits per heavy atom. The minimum Gasteiger partial charge on any atom is -0.374 e. The van der Waals surface area contributed by atoms with Gasteiger partial charge in [0.2, 0.25) is 17.7 Å². The van der Waals surface area contributed by atoms with Crippen molar-refractivity contribution in [2.24, 2.45) is 11.5 Å². The highest BCUT2D eigenvalue weighted by atomic mass is 35.5. The van der Waals surface area contributed by atoms with E-state index < -0.39 is 110 Å². The molecule has 0 aliphatic carbocycles. The van der Waals surface area contributed by atoms with Crippen LogP contribution in [-0.4, -0.2) is 220 Å². The van der Waals surface area contributed by atoms with E-state index in [4.69, 9.17) is 48.9 Å². The molecule has 3 aromatic heterocycles. The summed E-state index contributed by atoms with van der Waals surface area (Å²) in [5, 5.41) is 2.42. The number of nitrogens with two attached hydrogens (primary N) is 2. The number of anilines is 3. The maximum Gasteiger partial charge on any atom is 0.417 e. The average molecular weight is 1890 g/mol. The number of thioether (sulfide) groups is 3. The molecule has 3 amide bonds. The van der Waals surface area contributed by atoms with Gasteiger partial charge in [0.15, 0.2) is 0 Å². The third-order valence-corrected chi connectivity index (χ3v) is 26.8. The lowest BCUT2D eigenvalue weighted by molar-refractivity contribution is -0.137. The number of carbonyl (C=O) groups excluding carboxylic acids is 3. The van der Waals surface area contributed by atoms with E-state index in [1.807, 2.05) is 13.8 Å². The van der Waals surface area contributed by atoms with Crippen LogP contribution in [0.25, 0.3) is 66.1 Å². The van der Waals surface area contributed by atoms with Crippen molar-refractivity contribution in [2.75, 3.05) is 131 Å². The zero-order valence-corrected chi connectivity index (χ0v) is 73.5. The predicted molar refractivity (Wildman–Crippen MR) is 468 cm³/mol. The molecule has 24 nitrogen and oxygen atoms in total. The second-order valence-corrected chi connectivity index (χ2v) is 35.1. The van der Waals surface area contributed by atoms with Crippen molar-refractivity contribution in [3.8, 4) is 33.4 Å². The summed E-state index contributed by atoms with van der Waals surface area (Å²) < 4.78 is 212. The minimum atomic E-state index is -5.00. The van der Waals surface area contributed by atoms with E-state index in [1.165, 1.54) is 61.9 Å². The maximum absolute atomic E-state index is 15.3. The molecule has 0 bridgehead atoms. The highest BCUT2D eigenvalue weighted by molar-refractivity contribution is 8.00. The van der Waals surface area contributed by atoms with E-state index in [-0.39, 0.29) is 225 Å². The lowest BCUT2D eigenvalue weighted by Crippen LogP contribution is -2.58. The topological polar surface area (TPSA) is 267 Å². The van der Waals surface area contributed by atoms with Crippen LogP contribution in [0.3, 0.4) is 0 Å². The summed E-state index contributed by atoms with van der Waals surface area (Å²) in [6, 6.07) is 11.0. The summed E-state index contributed by atoms with van der Waals surface area (Å²) in [6.45, 7) is 21.6. The number of ether oxygens (including phenoxy) is 3. The number of nitrogens with zero attached hydrogens (tertiary/aromatic N) is 12. The van der Waals surface area contributed by atoms with Gasteiger partial charge in [-0.25, -0.2) is 31.9 Å². The third kappa shape index (κ3) is 19.8. The molecule has 684 valence electrons. The van der Waals surface area contributed by atoms with Crippen LogP contribution in [0.4, 0.5) is 74.5 Å². The van der Waals surface area contributed by atoms with Crippen LogP contribution >= 0.6 is 58.5 Å². The maximum atomic E-state index is 15.3. The predicted octanol–water partition coefficient (Wildman–Crippen LogP) is 13.8. The molecular weight excluding hydrogens is 1800 g/mol. The summed E-state index contributed by atoms with van der Waals surface area (Å²) in [5.74, 6) is -3.65. The Bertz CT molecular complexity index is 5980. The smallest absolute Gasteiger partial charge is 0.374 e. The molecule has 3 unspecified atom stereocenters. The first kappa shape index (κ1) is 95.8. The minimum absolute atomic E-state index is 0.00323. The standard InChI is InChI=1S/C29H29ClF5N5O3S.C29H30ClF4N5O3S.C28H29F4N5O3S/c1-4-23(41)40-14(2)10-38(11-15(40)3)27-18-7-19(29(33,34)35)24(17-8-20(30)22(32)9-21(17)31)26-25(18)39(28(42)37-27)12-16(13-44-26)43-6-5-36;1-4-23(40)39-15(2)11-37(12-16(39)3)27-19-10-20(29(32,33)34)24(17-5-6-22(31)21(30)9-17)26-25(19)38(28(41)36-27)13-18(14-43-26)42-8-7-35;1-3-22(38)35-9-11-36(12-10-35)26-20-14-21(28(30,31)32)23(17-4-6-18(29)7-5-17)25-24(20)37(27(39)34-26)15-19(16-41-25)40-13-8-33-2/h4,7-9,14-16H,1,5-6,10-13,36H2,2-3H3;4-6,9-10,15-16,18H,1,7-8,11-14,35H2,2-3H3;3-7,14,19,33H,1,8-13,15-16H2,2H3/t14-,15+,16?;15-,16+,18?;. The van der Waals surface area contributed by atoms with Crippen LogP contribution in [0.15, 0.2) is 140 Å². The molecule has 7 atom stereocenters. The molecule has 5 N–H and O–H groups in total. The van der Waals surface area contributed by atoms with Crippen LogP contribution < -0.4 is 48.6 Å². The molecule has 15 rings (SSSR count). The number of aromatic nitrogens is 6. The van der Waals surface area contributed by atoms with Crippen LogP contribution in [-0.2, 0) is 66.8 Å². The van der Waals surface area contributed by atoms with Gasteiger partial charge in [0, 0.05) is 173 Å². The van der Waals surface area contributed by atoms with Crippen LogP contribution in [0, 0.1) is 23.3 Å². The van der Waals surface area contributed by atoms with Gasteiger partial charge in [0.25, 0.3) is 0 Å². The first-order valence-electron chi connectivity index (χ1n) is 40.5. The number of likely N-dealkylation sites (N-methyl/N-ethyl adjacent to an activating group) is 1. The van der Waals surface area contributed by atoms with Crippen molar-refractivity contribution < 1.29 is 85.7 Å². The quantitative estimate of drug-likeness (QED) is 0.0294. The van der Waals surface area contributed by atoms with E-state index >= 15 is 4.39 Å². The molecule has 6 aromatic carbocycles. The fourth-order valence-electron chi connectivity index (χ4n) is 17.1. The average Bonchev–Trinajstić information content (AvgIpc) is 1.20. The van der Waals surface area contributed by atoms with E-state index in [0.717, 1.165) is 72.1 Å². The second-order valence-electron chi connectivity index (χ2n) is 31.1. The molecule has 42 heteroatoms. The Labute approximate surface area is 747 Å². The summed E-state index contributed by atoms with van der Waals surface area (Å²) >= 11 is 15.2. The van der Waals surface area contributed by atoms with Gasteiger partial charge in [-0.15, -0.1) is 35.3 Å². The van der Waals surface area contributed by atoms with Crippen LogP contribution in [0.1, 0.15) is 44.4 Å². The Hall–Kier alpha value is -9.75. The SMILES string of the molecule is C=CC(=O)N1CCN(c2nc(=O)n3c4c(c(-c5ccc(F)cc5)c(C(F)(F)F)cc24)SCC(OCCNC)C3)CC1.C=CC(=O)N1[C@H](C)CN(c2nc(=O)n3c4c(c(-c5cc(Cl)c(F)cc5F)c(C(F)(F)F)cc24)SCC(OCCN)C3)C[C@@H]1C.C=CC(=O)N1[C@H](C)CN(c2nc(=O)n3c4c(c(-c5ccc(F)c(Cl)c5)c(C(F)(F)F)cc24)SCC(OCCN)C3)C[C@@H]1C. The molecule has 9 aromatic rings. The molecule has 6 aliphatic rings. The second kappa shape index (κ2) is 39.5. The van der Waals surface area contributed by atoms with E-state index in [2.05, 4.69) is 40.0 Å². The largest absolute Gasteiger partial charge is 0.417 e. The molecule has 9 heterocycles. The number of amides is 3. The van der Waals surface area contributed by atoms with Crippen molar-refractivity contribution in [2.45, 2.75) is 123 Å². The normalized spacial score (nSPS) is 19.7. The molecule has 128 heavy (non-hydrogen) atoms. The summed E-state index contributed by atoms with van der Waals surface area (Å²) in [6.07, 6.45) is -12.6. The van der Waals surface area contributed by atoms with Gasteiger partial charge >= 0.3 is 35.6 Å². The van der Waals surface area contributed by atoms with E-state index in [9.17, 15) is 81.5 Å². The van der Waals surface area contributed by atoms with Gasteiger partial charge < -0.3 is 60.4 Å². The number of benzene rings is 6. The monoisotopic (exact) mass is 1890 g/mol. The van der Waals surface area contributed by atoms with Crippen molar-refractivity contribution in [3.63, 3.8) is 0 Å². The molecule has 0 saturated carbocycles. The molecule has 3 saturated heterocycles. The summed E-state index contributed by atoms with van der Waals surface area (Å²) in [7, 11) is 1.78. The van der Waals surface area contributed by atoms with E-state index in [1.54, 1.807) is 50.3 Å². The number of carbonyl (C=O) groups is 3. The fourth-order valence-corrected chi connectivity index (χ4v) is 21.2. The Balaban J connectivity index is 0.000000164. The van der Waals surface area contributed by atoms with E-state index in [0.29, 0.717) is 43.6 Å². The molecule has 0 spiro atoms. The van der Waals surface area contributed by atoms with Gasteiger partial charge in [0.1, 0.15) is 40.7 Å². The highest BCUT2D eigenvalue weighted by Gasteiger charge is 2.45. The van der Waals surface area contributed by atoms with Crippen LogP contribution in [0.2, 0.25) is 10.0 Å². The Morgan fingerprint density at radius 2 is 0.844 bits per heavy atom. The van der Waals surface area contributed by atoms with Crippen molar-refractivity contribution in [1.29, 1.82) is 0 Å². The van der Waals surface area contributed by atoms with Gasteiger partial charge in [-0.2, -0.15) is 54.5 Å². The Kier molecular flexibility index (Phi) is 29.6. The number of alkyl halides is 9. The number of rotatable bonds is 19. The highest BCUT2D eigenvalue weighted by Crippen LogP contribution is 2.54. The number of halogens is 15. The fraction of sp³-hybridized carbons (Fsp3) is 0.407. The summed E-state index contributed by atoms with van der Waals surface area (Å²) in [5.41, 5.74) is 5.63. The summed E-state index contributed by atoms with van der Waals surface area (Å²) in [4.78, 5) is 101. The number of nitrogens with one attached hydrogen (secondary N) is 1.